The van der Waals surface area contributed by atoms with E-state index in [2.05, 4.69) is 50.6 Å². The Morgan fingerprint density at radius 1 is 1.08 bits per heavy atom. The van der Waals surface area contributed by atoms with Crippen molar-refractivity contribution in [2.75, 3.05) is 6.54 Å². The molecule has 0 atom stereocenters. The molecule has 2 rings (SSSR count). The van der Waals surface area contributed by atoms with Crippen molar-refractivity contribution < 1.29 is 4.79 Å². The normalized spacial score (nSPS) is 11.9. The highest BCUT2D eigenvalue weighted by Gasteiger charge is 2.41. The van der Waals surface area contributed by atoms with Crippen LogP contribution in [-0.2, 0) is 13.1 Å². The molecule has 0 N–H and O–H groups in total. The summed E-state index contributed by atoms with van der Waals surface area (Å²) < 4.78 is 0. The summed E-state index contributed by atoms with van der Waals surface area (Å²) in [5.74, 6) is 0. The Morgan fingerprint density at radius 2 is 1.62 bits per heavy atom. The standard InChI is InChI=1S/C19H28N2OS2/c1-5-6-11-21(19(2,3)4)18(22)20(14-16-9-7-12-23-16)15-17-10-8-13-24-17/h7-10,12-13H,5-6,11,14-15H2,1-4H3/q+1. The summed E-state index contributed by atoms with van der Waals surface area (Å²) in [7, 11) is 0. The third kappa shape index (κ3) is 5.43. The van der Waals surface area contributed by atoms with E-state index in [1.807, 2.05) is 21.9 Å². The Balaban J connectivity index is 2.20. The van der Waals surface area contributed by atoms with Gasteiger partial charge in [-0.15, -0.1) is 22.7 Å². The molecule has 24 heavy (non-hydrogen) atoms. The first kappa shape index (κ1) is 19.2. The molecule has 0 aliphatic heterocycles. The number of hydrogen-bond donors (Lipinski definition) is 0. The van der Waals surface area contributed by atoms with Crippen molar-refractivity contribution in [3.05, 3.63) is 44.8 Å². The molecule has 0 saturated carbocycles. The zero-order valence-corrected chi connectivity index (χ0v) is 16.8. The van der Waals surface area contributed by atoms with Gasteiger partial charge >= 0.3 is 6.03 Å². The van der Waals surface area contributed by atoms with Crippen LogP contribution in [0.2, 0.25) is 0 Å². The lowest BCUT2D eigenvalue weighted by Crippen LogP contribution is -2.56. The van der Waals surface area contributed by atoms with E-state index in [-0.39, 0.29) is 11.6 Å². The summed E-state index contributed by atoms with van der Waals surface area (Å²) in [6.07, 6.45) is 2.13. The molecule has 0 aromatic carbocycles. The van der Waals surface area contributed by atoms with E-state index in [1.165, 1.54) is 9.75 Å². The molecule has 2 amide bonds. The second-order valence-electron chi connectivity index (χ2n) is 6.97. The second kappa shape index (κ2) is 8.79. The minimum absolute atomic E-state index is 0.137. The number of amides is 2. The number of hydrogen-bond acceptors (Lipinski definition) is 3. The van der Waals surface area contributed by atoms with Gasteiger partial charge in [-0.2, -0.15) is 0 Å². The molecule has 0 aliphatic rings. The molecule has 2 aromatic rings. The fraction of sp³-hybridized carbons (Fsp3) is 0.526. The number of rotatable bonds is 7. The lowest BCUT2D eigenvalue weighted by atomic mass is 10.1. The zero-order valence-electron chi connectivity index (χ0n) is 15.1. The summed E-state index contributed by atoms with van der Waals surface area (Å²) in [6, 6.07) is 8.44. The molecular formula is C19H28N2OS2+. The summed E-state index contributed by atoms with van der Waals surface area (Å²) in [5, 5.41) is 4.14. The number of urea groups is 1. The maximum Gasteiger partial charge on any atom is 0.468 e. The Labute approximate surface area is 153 Å². The van der Waals surface area contributed by atoms with Gasteiger partial charge in [0.25, 0.3) is 0 Å². The molecule has 2 heterocycles. The van der Waals surface area contributed by atoms with Crippen LogP contribution >= 0.6 is 22.7 Å². The topological polar surface area (TPSA) is 26.2 Å². The van der Waals surface area contributed by atoms with Gasteiger partial charge in [-0.25, -0.2) is 4.79 Å². The molecule has 0 fully saturated rings. The van der Waals surface area contributed by atoms with Crippen molar-refractivity contribution in [1.82, 2.24) is 9.80 Å². The fourth-order valence-corrected chi connectivity index (χ4v) is 4.02. The molecule has 1 radical (unpaired) electrons. The first-order valence-corrected chi connectivity index (χ1v) is 10.3. The Kier molecular flexibility index (Phi) is 7.02. The molecule has 2 aromatic heterocycles. The van der Waals surface area contributed by atoms with Gasteiger partial charge in [-0.3, -0.25) is 4.90 Å². The van der Waals surface area contributed by atoms with Crippen LogP contribution in [0.15, 0.2) is 35.0 Å². The Morgan fingerprint density at radius 3 is 2.00 bits per heavy atom. The summed E-state index contributed by atoms with van der Waals surface area (Å²) in [5.41, 5.74) is -0.171. The summed E-state index contributed by atoms with van der Waals surface area (Å²) in [4.78, 5) is 19.8. The quantitative estimate of drug-likeness (QED) is 0.581. The first-order valence-electron chi connectivity index (χ1n) is 8.53. The van der Waals surface area contributed by atoms with E-state index in [4.69, 9.17) is 0 Å². The second-order valence-corrected chi connectivity index (χ2v) is 9.04. The van der Waals surface area contributed by atoms with E-state index < -0.39 is 0 Å². The lowest BCUT2D eigenvalue weighted by Gasteiger charge is -2.28. The summed E-state index contributed by atoms with van der Waals surface area (Å²) >= 11 is 3.42. The van der Waals surface area contributed by atoms with Crippen LogP contribution in [0.4, 0.5) is 4.79 Å². The molecule has 0 aliphatic carbocycles. The lowest BCUT2D eigenvalue weighted by molar-refractivity contribution is 0.149. The molecule has 0 saturated heterocycles. The van der Waals surface area contributed by atoms with E-state index in [9.17, 15) is 4.79 Å². The maximum absolute atomic E-state index is 13.3. The highest BCUT2D eigenvalue weighted by molar-refractivity contribution is 7.10. The smallest absolute Gasteiger partial charge is 0.278 e. The Hall–Kier alpha value is -1.17. The van der Waals surface area contributed by atoms with Crippen LogP contribution in [0.25, 0.3) is 0 Å². The third-order valence-corrected chi connectivity index (χ3v) is 5.62. The maximum atomic E-state index is 13.3. The SMILES string of the molecule is CCCC[N+](C(=O)N(Cc1cccs1)Cc1cccs1)C(C)(C)C. The number of unbranched alkanes of at least 4 members (excludes halogenated alkanes) is 1. The minimum atomic E-state index is -0.171. The molecule has 5 heteroatoms. The monoisotopic (exact) mass is 364 g/mol. The van der Waals surface area contributed by atoms with Gasteiger partial charge in [0, 0.05) is 16.2 Å². The minimum Gasteiger partial charge on any atom is -0.278 e. The molecule has 0 bridgehead atoms. The highest BCUT2D eigenvalue weighted by atomic mass is 32.1. The predicted molar refractivity (Wildman–Crippen MR) is 105 cm³/mol. The van der Waals surface area contributed by atoms with Crippen LogP contribution in [0, 0.1) is 0 Å². The van der Waals surface area contributed by atoms with Crippen LogP contribution in [0.5, 0.6) is 0 Å². The van der Waals surface area contributed by atoms with E-state index in [1.54, 1.807) is 22.7 Å². The van der Waals surface area contributed by atoms with Crippen molar-refractivity contribution in [3.8, 4) is 0 Å². The van der Waals surface area contributed by atoms with Gasteiger partial charge < -0.3 is 0 Å². The number of carbonyl (C=O) groups is 1. The van der Waals surface area contributed by atoms with Crippen molar-refractivity contribution >= 4 is 28.7 Å². The zero-order chi connectivity index (χ0) is 17.6. The van der Waals surface area contributed by atoms with Gasteiger partial charge in [0.1, 0.15) is 12.1 Å². The van der Waals surface area contributed by atoms with Gasteiger partial charge in [-0.05, 0) is 43.7 Å². The van der Waals surface area contributed by atoms with E-state index in [0.717, 1.165) is 19.4 Å². The molecule has 0 spiro atoms. The number of carbonyl (C=O) groups excluding carboxylic acids is 1. The van der Waals surface area contributed by atoms with Crippen molar-refractivity contribution in [3.63, 3.8) is 0 Å². The predicted octanol–water partition coefficient (Wildman–Crippen LogP) is 5.67. The third-order valence-electron chi connectivity index (χ3n) is 3.90. The van der Waals surface area contributed by atoms with E-state index >= 15 is 0 Å². The van der Waals surface area contributed by atoms with Crippen LogP contribution in [0.3, 0.4) is 0 Å². The molecule has 0 unspecified atom stereocenters. The Bertz CT molecular complexity index is 564. The average molecular weight is 365 g/mol. The molecule has 3 nitrogen and oxygen atoms in total. The number of thiophene rings is 2. The van der Waals surface area contributed by atoms with Crippen LogP contribution in [0.1, 0.15) is 50.3 Å². The van der Waals surface area contributed by atoms with Gasteiger partial charge in [-0.1, -0.05) is 30.4 Å². The number of nitrogens with zero attached hydrogens (tertiary/aromatic N) is 2. The van der Waals surface area contributed by atoms with Crippen LogP contribution in [-0.4, -0.2) is 23.0 Å². The molecular weight excluding hydrogens is 336 g/mol. The van der Waals surface area contributed by atoms with E-state index in [0.29, 0.717) is 13.1 Å². The fourth-order valence-electron chi connectivity index (χ4n) is 2.58. The van der Waals surface area contributed by atoms with Gasteiger partial charge in [0.15, 0.2) is 0 Å². The van der Waals surface area contributed by atoms with Crippen LogP contribution < -0.4 is 4.90 Å². The van der Waals surface area contributed by atoms with Crippen molar-refractivity contribution in [2.24, 2.45) is 0 Å². The highest BCUT2D eigenvalue weighted by Crippen LogP contribution is 2.21. The largest absolute Gasteiger partial charge is 0.468 e. The average Bonchev–Trinajstić information content (AvgIpc) is 3.19. The molecule has 131 valence electrons. The summed E-state index contributed by atoms with van der Waals surface area (Å²) in [6.45, 7) is 10.7. The van der Waals surface area contributed by atoms with Crippen molar-refractivity contribution in [2.45, 2.75) is 59.2 Å². The van der Waals surface area contributed by atoms with Gasteiger partial charge in [0.2, 0.25) is 0 Å². The first-order chi connectivity index (χ1) is 11.4. The van der Waals surface area contributed by atoms with Gasteiger partial charge in [0.05, 0.1) is 13.1 Å². The van der Waals surface area contributed by atoms with Crippen molar-refractivity contribution in [1.29, 1.82) is 0 Å².